The third kappa shape index (κ3) is 2.56. The van der Waals surface area contributed by atoms with Gasteiger partial charge in [-0.2, -0.15) is 26.3 Å². The average Bonchev–Trinajstić information content (AvgIpc) is 3.00. The normalized spacial score (nSPS) is 12.9. The number of rotatable bonds is 2. The molecule has 0 bridgehead atoms. The number of hydrogen-bond donors (Lipinski definition) is 0. The highest BCUT2D eigenvalue weighted by atomic mass is 19.4. The van der Waals surface area contributed by atoms with Gasteiger partial charge in [-0.3, -0.25) is 9.59 Å². The molecule has 0 fully saturated rings. The maximum Gasteiger partial charge on any atom is 0.456 e. The second-order valence-electron chi connectivity index (χ2n) is 5.80. The maximum atomic E-state index is 12.9. The monoisotopic (exact) mass is 376 g/mol. The molecular formula is C16H10F6N2O2. The third-order valence-corrected chi connectivity index (χ3v) is 4.04. The summed E-state index contributed by atoms with van der Waals surface area (Å²) in [7, 11) is 0. The number of fused-ring (bicyclic) bond motifs is 3. The van der Waals surface area contributed by atoms with Crippen LogP contribution in [0.1, 0.15) is 32.1 Å². The minimum Gasteiger partial charge on any atom is -0.317 e. The van der Waals surface area contributed by atoms with Crippen LogP contribution in [0, 0.1) is 13.8 Å². The first kappa shape index (κ1) is 18.0. The van der Waals surface area contributed by atoms with Crippen LogP contribution >= 0.6 is 0 Å². The maximum absolute atomic E-state index is 12.9. The Labute approximate surface area is 141 Å². The number of nitrogens with zero attached hydrogens (tertiary/aromatic N) is 2. The van der Waals surface area contributed by atoms with Crippen LogP contribution in [0.5, 0.6) is 0 Å². The summed E-state index contributed by atoms with van der Waals surface area (Å²) < 4.78 is 79.2. The number of halogens is 6. The molecular weight excluding hydrogens is 366 g/mol. The number of alkyl halides is 6. The van der Waals surface area contributed by atoms with E-state index in [1.54, 1.807) is 0 Å². The van der Waals surface area contributed by atoms with Crippen molar-refractivity contribution in [3.05, 3.63) is 47.0 Å². The lowest BCUT2D eigenvalue weighted by atomic mass is 10.1. The van der Waals surface area contributed by atoms with Gasteiger partial charge in [-0.15, -0.1) is 0 Å². The number of aromatic nitrogens is 2. The fraction of sp³-hybridized carbons (Fsp3) is 0.250. The summed E-state index contributed by atoms with van der Waals surface area (Å²) >= 11 is 0. The molecule has 0 aromatic carbocycles. The molecule has 0 atom stereocenters. The van der Waals surface area contributed by atoms with Crippen LogP contribution < -0.4 is 0 Å². The Hall–Kier alpha value is -2.78. The molecule has 0 amide bonds. The van der Waals surface area contributed by atoms with E-state index in [0.29, 0.717) is 0 Å². The van der Waals surface area contributed by atoms with Crippen molar-refractivity contribution in [3.8, 4) is 0 Å². The lowest BCUT2D eigenvalue weighted by Gasteiger charge is -2.09. The molecule has 4 nitrogen and oxygen atoms in total. The van der Waals surface area contributed by atoms with Crippen molar-refractivity contribution < 1.29 is 35.9 Å². The lowest BCUT2D eigenvalue weighted by molar-refractivity contribution is -0.0890. The number of ketones is 2. The highest BCUT2D eigenvalue weighted by Crippen LogP contribution is 2.32. The van der Waals surface area contributed by atoms with Crippen molar-refractivity contribution >= 4 is 22.6 Å². The van der Waals surface area contributed by atoms with Gasteiger partial charge < -0.3 is 8.80 Å². The van der Waals surface area contributed by atoms with Crippen LogP contribution in [0.25, 0.3) is 11.0 Å². The smallest absolute Gasteiger partial charge is 0.317 e. The number of aryl methyl sites for hydroxylation is 2. The molecule has 0 saturated heterocycles. The summed E-state index contributed by atoms with van der Waals surface area (Å²) in [5, 5.41) is 0. The predicted molar refractivity (Wildman–Crippen MR) is 78.6 cm³/mol. The van der Waals surface area contributed by atoms with Gasteiger partial charge in [0.25, 0.3) is 11.6 Å². The van der Waals surface area contributed by atoms with E-state index in [1.165, 1.54) is 24.4 Å². The van der Waals surface area contributed by atoms with Crippen LogP contribution in [0.2, 0.25) is 0 Å². The van der Waals surface area contributed by atoms with Crippen LogP contribution in [-0.2, 0) is 0 Å². The van der Waals surface area contributed by atoms with Crippen LogP contribution in [0.4, 0.5) is 26.3 Å². The largest absolute Gasteiger partial charge is 0.456 e. The molecule has 0 unspecified atom stereocenters. The average molecular weight is 376 g/mol. The zero-order valence-corrected chi connectivity index (χ0v) is 13.3. The van der Waals surface area contributed by atoms with Crippen molar-refractivity contribution in [1.29, 1.82) is 0 Å². The first-order valence-electron chi connectivity index (χ1n) is 7.19. The van der Waals surface area contributed by atoms with Crippen LogP contribution in [-0.4, -0.2) is 32.7 Å². The molecule has 3 rings (SSSR count). The van der Waals surface area contributed by atoms with Crippen molar-refractivity contribution in [3.63, 3.8) is 0 Å². The van der Waals surface area contributed by atoms with Crippen molar-refractivity contribution in [2.75, 3.05) is 0 Å². The van der Waals surface area contributed by atoms with Gasteiger partial charge in [-0.05, 0) is 31.5 Å². The Balaban J connectivity index is 2.41. The van der Waals surface area contributed by atoms with Gasteiger partial charge >= 0.3 is 12.4 Å². The molecule has 0 aliphatic carbocycles. The Kier molecular flexibility index (Phi) is 3.71. The summed E-state index contributed by atoms with van der Waals surface area (Å²) in [6.45, 7) is 2.69. The van der Waals surface area contributed by atoms with E-state index < -0.39 is 35.2 Å². The van der Waals surface area contributed by atoms with Crippen molar-refractivity contribution in [2.24, 2.45) is 0 Å². The van der Waals surface area contributed by atoms with Gasteiger partial charge in [-0.1, -0.05) is 0 Å². The molecule has 0 saturated carbocycles. The molecule has 138 valence electrons. The minimum absolute atomic E-state index is 0.0651. The molecule has 0 radical (unpaired) electrons. The van der Waals surface area contributed by atoms with Gasteiger partial charge in [0.15, 0.2) is 0 Å². The standard InChI is InChI=1S/C16H10F6N2O2/c1-7-5-10-12-9(13(25)15(17,18)19)6-8(2)23(12)3-4-24(10)11(7)14(26)16(20,21)22/h3-6H,1-2H3. The highest BCUT2D eigenvalue weighted by Gasteiger charge is 2.43. The fourth-order valence-corrected chi connectivity index (χ4v) is 2.98. The molecule has 0 aliphatic rings. The van der Waals surface area contributed by atoms with E-state index in [-0.39, 0.29) is 22.3 Å². The van der Waals surface area contributed by atoms with Gasteiger partial charge in [0.05, 0.1) is 16.6 Å². The first-order valence-corrected chi connectivity index (χ1v) is 7.19. The molecule has 0 aliphatic heterocycles. The van der Waals surface area contributed by atoms with Gasteiger partial charge in [-0.25, -0.2) is 0 Å². The Morgan fingerprint density at radius 2 is 1.38 bits per heavy atom. The highest BCUT2D eigenvalue weighted by molar-refractivity contribution is 6.10. The first-order chi connectivity index (χ1) is 11.8. The second kappa shape index (κ2) is 5.36. The Morgan fingerprint density at radius 1 is 0.846 bits per heavy atom. The predicted octanol–water partition coefficient (Wildman–Crippen LogP) is 4.30. The summed E-state index contributed by atoms with van der Waals surface area (Å²) in [5.74, 6) is -4.23. The number of carbonyl (C=O) groups is 2. The number of hydrogen-bond acceptors (Lipinski definition) is 2. The van der Waals surface area contributed by atoms with Crippen LogP contribution in [0.3, 0.4) is 0 Å². The Bertz CT molecular complexity index is 1070. The Morgan fingerprint density at radius 3 is 1.92 bits per heavy atom. The molecule has 3 aromatic rings. The number of carbonyl (C=O) groups excluding carboxylic acids is 2. The van der Waals surface area contributed by atoms with E-state index in [1.807, 2.05) is 0 Å². The fourth-order valence-electron chi connectivity index (χ4n) is 2.98. The van der Waals surface area contributed by atoms with Crippen molar-refractivity contribution in [2.45, 2.75) is 26.2 Å². The molecule has 0 N–H and O–H groups in total. The van der Waals surface area contributed by atoms with E-state index in [4.69, 9.17) is 0 Å². The van der Waals surface area contributed by atoms with Gasteiger partial charge in [0, 0.05) is 18.1 Å². The van der Waals surface area contributed by atoms with Gasteiger partial charge in [0.1, 0.15) is 5.69 Å². The number of Topliss-reactive ketones (excluding diaryl/α,β-unsaturated/α-hetero) is 2. The molecule has 26 heavy (non-hydrogen) atoms. The zero-order valence-electron chi connectivity index (χ0n) is 13.3. The molecule has 0 spiro atoms. The topological polar surface area (TPSA) is 43.0 Å². The quantitative estimate of drug-likeness (QED) is 0.495. The lowest BCUT2D eigenvalue weighted by Crippen LogP contribution is -2.25. The third-order valence-electron chi connectivity index (χ3n) is 4.04. The van der Waals surface area contributed by atoms with Crippen molar-refractivity contribution in [1.82, 2.24) is 8.80 Å². The summed E-state index contributed by atoms with van der Waals surface area (Å²) in [6, 6.07) is 2.17. The SMILES string of the molecule is Cc1cc2c3c(C(=O)C(F)(F)F)cc(C)n3ccn2c1C(=O)C(F)(F)F. The molecule has 3 heterocycles. The van der Waals surface area contributed by atoms with E-state index >= 15 is 0 Å². The van der Waals surface area contributed by atoms with Gasteiger partial charge in [0.2, 0.25) is 0 Å². The molecule has 10 heteroatoms. The molecule has 3 aromatic heterocycles. The zero-order chi connectivity index (χ0) is 19.6. The van der Waals surface area contributed by atoms with E-state index in [9.17, 15) is 35.9 Å². The second-order valence-corrected chi connectivity index (χ2v) is 5.80. The summed E-state index contributed by atoms with van der Waals surface area (Å²) in [5.41, 5.74) is -1.49. The van der Waals surface area contributed by atoms with E-state index in [2.05, 4.69) is 0 Å². The van der Waals surface area contributed by atoms with Crippen LogP contribution in [0.15, 0.2) is 24.5 Å². The van der Waals surface area contributed by atoms with E-state index in [0.717, 1.165) is 22.7 Å². The summed E-state index contributed by atoms with van der Waals surface area (Å²) in [6.07, 6.45) is -7.94. The minimum atomic E-state index is -5.15. The summed E-state index contributed by atoms with van der Waals surface area (Å²) in [4.78, 5) is 23.4.